The molecule has 4 nitrogen and oxygen atoms in total. The molecule has 1 aromatic rings. The summed E-state index contributed by atoms with van der Waals surface area (Å²) >= 11 is 0. The van der Waals surface area contributed by atoms with Gasteiger partial charge in [-0.1, -0.05) is 38.1 Å². The molecule has 6 heteroatoms. The van der Waals surface area contributed by atoms with E-state index in [1.165, 1.54) is 12.1 Å². The van der Waals surface area contributed by atoms with Gasteiger partial charge in [-0.3, -0.25) is 4.55 Å². The van der Waals surface area contributed by atoms with Gasteiger partial charge in [0.25, 0.3) is 10.1 Å². The van der Waals surface area contributed by atoms with Crippen LogP contribution >= 0.6 is 0 Å². The Balaban J connectivity index is 2.51. The molecule has 118 valence electrons. The SMILES string of the molecule is CC(C)C(/C=C/c1ccc(F)cc1)NCCCS(=O)(=O)O. The highest BCUT2D eigenvalue weighted by Crippen LogP contribution is 2.09. The zero-order valence-electron chi connectivity index (χ0n) is 12.3. The minimum absolute atomic E-state index is 0.0800. The predicted molar refractivity (Wildman–Crippen MR) is 83.1 cm³/mol. The molecule has 1 atom stereocenters. The van der Waals surface area contributed by atoms with Crippen molar-refractivity contribution in [2.75, 3.05) is 12.3 Å². The van der Waals surface area contributed by atoms with Crippen LogP contribution in [0.25, 0.3) is 6.08 Å². The fourth-order valence-corrected chi connectivity index (χ4v) is 2.35. The zero-order chi connectivity index (χ0) is 15.9. The first-order valence-corrected chi connectivity index (χ1v) is 8.51. The van der Waals surface area contributed by atoms with Crippen LogP contribution in [-0.2, 0) is 10.1 Å². The molecule has 0 amide bonds. The Kier molecular flexibility index (Phi) is 7.01. The number of hydrogen-bond donors (Lipinski definition) is 2. The van der Waals surface area contributed by atoms with E-state index in [9.17, 15) is 12.8 Å². The molecule has 0 radical (unpaired) electrons. The molecule has 0 saturated carbocycles. The van der Waals surface area contributed by atoms with E-state index in [4.69, 9.17) is 4.55 Å². The molecule has 0 aliphatic rings. The van der Waals surface area contributed by atoms with E-state index in [0.717, 1.165) is 5.56 Å². The summed E-state index contributed by atoms with van der Waals surface area (Å²) < 4.78 is 42.7. The summed E-state index contributed by atoms with van der Waals surface area (Å²) in [5.41, 5.74) is 0.904. The van der Waals surface area contributed by atoms with Crippen molar-refractivity contribution in [3.63, 3.8) is 0 Å². The van der Waals surface area contributed by atoms with Crippen molar-refractivity contribution in [2.45, 2.75) is 26.3 Å². The average Bonchev–Trinajstić information content (AvgIpc) is 2.38. The Hall–Kier alpha value is -1.24. The minimum atomic E-state index is -3.90. The van der Waals surface area contributed by atoms with Crippen LogP contribution in [0.4, 0.5) is 4.39 Å². The maximum Gasteiger partial charge on any atom is 0.264 e. The van der Waals surface area contributed by atoms with E-state index in [2.05, 4.69) is 19.2 Å². The van der Waals surface area contributed by atoms with E-state index in [0.29, 0.717) is 18.9 Å². The van der Waals surface area contributed by atoms with Gasteiger partial charge in [-0.2, -0.15) is 8.42 Å². The summed E-state index contributed by atoms with van der Waals surface area (Å²) in [7, 11) is -3.90. The minimum Gasteiger partial charge on any atom is -0.310 e. The lowest BCUT2D eigenvalue weighted by atomic mass is 10.0. The van der Waals surface area contributed by atoms with E-state index >= 15 is 0 Å². The van der Waals surface area contributed by atoms with Crippen LogP contribution in [0.5, 0.6) is 0 Å². The third-order valence-corrected chi connectivity index (χ3v) is 3.85. The second-order valence-corrected chi connectivity index (χ2v) is 6.85. The van der Waals surface area contributed by atoms with E-state index in [1.54, 1.807) is 12.1 Å². The van der Waals surface area contributed by atoms with E-state index in [1.807, 2.05) is 12.2 Å². The van der Waals surface area contributed by atoms with Crippen LogP contribution < -0.4 is 5.32 Å². The summed E-state index contributed by atoms with van der Waals surface area (Å²) in [6.45, 7) is 4.60. The molecule has 1 rings (SSSR count). The Morgan fingerprint density at radius 1 is 1.29 bits per heavy atom. The Labute approximate surface area is 125 Å². The van der Waals surface area contributed by atoms with Gasteiger partial charge in [0, 0.05) is 6.04 Å². The van der Waals surface area contributed by atoms with Gasteiger partial charge < -0.3 is 5.32 Å². The molecule has 0 fully saturated rings. The zero-order valence-corrected chi connectivity index (χ0v) is 13.1. The molecule has 0 heterocycles. The Bertz CT molecular complexity index is 553. The first-order valence-electron chi connectivity index (χ1n) is 6.90. The van der Waals surface area contributed by atoms with Gasteiger partial charge in [0.1, 0.15) is 5.82 Å². The lowest BCUT2D eigenvalue weighted by Crippen LogP contribution is -2.33. The fraction of sp³-hybridized carbons (Fsp3) is 0.467. The van der Waals surface area contributed by atoms with Crippen molar-refractivity contribution >= 4 is 16.2 Å². The summed E-state index contributed by atoms with van der Waals surface area (Å²) in [6.07, 6.45) is 4.23. The molecule has 0 saturated heterocycles. The van der Waals surface area contributed by atoms with Crippen molar-refractivity contribution < 1.29 is 17.4 Å². The van der Waals surface area contributed by atoms with Gasteiger partial charge in [0.2, 0.25) is 0 Å². The lowest BCUT2D eigenvalue weighted by molar-refractivity contribution is 0.456. The summed E-state index contributed by atoms with van der Waals surface area (Å²) in [4.78, 5) is 0. The molecule has 21 heavy (non-hydrogen) atoms. The van der Waals surface area contributed by atoms with Crippen LogP contribution in [-0.4, -0.2) is 31.3 Å². The van der Waals surface area contributed by atoms with E-state index < -0.39 is 10.1 Å². The quantitative estimate of drug-likeness (QED) is 0.572. The molecule has 2 N–H and O–H groups in total. The first kappa shape index (κ1) is 17.8. The number of benzene rings is 1. The third kappa shape index (κ3) is 7.94. The maximum absolute atomic E-state index is 12.8. The van der Waals surface area contributed by atoms with Crippen molar-refractivity contribution in [1.82, 2.24) is 5.32 Å². The van der Waals surface area contributed by atoms with Crippen LogP contribution in [0.1, 0.15) is 25.8 Å². The van der Waals surface area contributed by atoms with Gasteiger partial charge in [0.15, 0.2) is 0 Å². The highest BCUT2D eigenvalue weighted by Gasteiger charge is 2.10. The lowest BCUT2D eigenvalue weighted by Gasteiger charge is -2.18. The second kappa shape index (κ2) is 8.26. The number of hydrogen-bond acceptors (Lipinski definition) is 3. The second-order valence-electron chi connectivity index (χ2n) is 5.27. The molecule has 0 aliphatic heterocycles. The summed E-state index contributed by atoms with van der Waals surface area (Å²) in [5.74, 6) is -0.185. The molecule has 1 aromatic carbocycles. The number of halogens is 1. The highest BCUT2D eigenvalue weighted by atomic mass is 32.2. The first-order chi connectivity index (χ1) is 9.78. The fourth-order valence-electron chi connectivity index (χ4n) is 1.84. The van der Waals surface area contributed by atoms with E-state index in [-0.39, 0.29) is 17.6 Å². The van der Waals surface area contributed by atoms with Crippen LogP contribution in [0.3, 0.4) is 0 Å². The molecule has 1 unspecified atom stereocenters. The summed E-state index contributed by atoms with van der Waals surface area (Å²) in [5, 5.41) is 3.24. The van der Waals surface area contributed by atoms with Crippen molar-refractivity contribution in [1.29, 1.82) is 0 Å². The normalized spacial score (nSPS) is 14.0. The standard InChI is InChI=1S/C15H22FNO3S/c1-12(2)15(17-10-3-11-21(18,19)20)9-6-13-4-7-14(16)8-5-13/h4-9,12,15,17H,3,10-11H2,1-2H3,(H,18,19,20)/b9-6+. The summed E-state index contributed by atoms with van der Waals surface area (Å²) in [6, 6.07) is 6.28. The van der Waals surface area contributed by atoms with Crippen molar-refractivity contribution in [3.05, 3.63) is 41.7 Å². The van der Waals surface area contributed by atoms with Gasteiger partial charge in [0.05, 0.1) is 5.75 Å². The molecule has 0 aromatic heterocycles. The number of rotatable bonds is 8. The smallest absolute Gasteiger partial charge is 0.264 e. The van der Waals surface area contributed by atoms with Crippen molar-refractivity contribution in [2.24, 2.45) is 5.92 Å². The topological polar surface area (TPSA) is 66.4 Å². The Morgan fingerprint density at radius 3 is 2.43 bits per heavy atom. The molecule has 0 spiro atoms. The monoisotopic (exact) mass is 315 g/mol. The molecule has 0 aliphatic carbocycles. The van der Waals surface area contributed by atoms with Gasteiger partial charge in [-0.15, -0.1) is 0 Å². The molecule has 0 bridgehead atoms. The maximum atomic E-state index is 12.8. The number of nitrogens with one attached hydrogen (secondary N) is 1. The van der Waals surface area contributed by atoms with Gasteiger partial charge in [-0.25, -0.2) is 4.39 Å². The average molecular weight is 315 g/mol. The highest BCUT2D eigenvalue weighted by molar-refractivity contribution is 7.85. The Morgan fingerprint density at radius 2 is 1.90 bits per heavy atom. The third-order valence-electron chi connectivity index (χ3n) is 3.04. The molecular weight excluding hydrogens is 293 g/mol. The van der Waals surface area contributed by atoms with Crippen LogP contribution in [0, 0.1) is 11.7 Å². The molecular formula is C15H22FNO3S. The van der Waals surface area contributed by atoms with Gasteiger partial charge >= 0.3 is 0 Å². The van der Waals surface area contributed by atoms with Crippen molar-refractivity contribution in [3.8, 4) is 0 Å². The predicted octanol–water partition coefficient (Wildman–Crippen LogP) is 2.73. The van der Waals surface area contributed by atoms with Crippen LogP contribution in [0.15, 0.2) is 30.3 Å². The van der Waals surface area contributed by atoms with Gasteiger partial charge in [-0.05, 0) is 36.6 Å². The van der Waals surface area contributed by atoms with Crippen LogP contribution in [0.2, 0.25) is 0 Å². The largest absolute Gasteiger partial charge is 0.310 e.